The maximum Gasteiger partial charge on any atom is 0.228 e. The van der Waals surface area contributed by atoms with Crippen molar-refractivity contribution in [3.63, 3.8) is 0 Å². The first-order chi connectivity index (χ1) is 19.4. The SMILES string of the molecule is COCCCN(C[C@]1(O)CC[C@H]2c3ccc(cc3C(=O)c3ccco3)C[C@@H](O)CCC(C)=CCC[C@@]21C)S(C)(=O)=O. The number of aliphatic hydroxyl groups excluding tert-OH is 1. The van der Waals surface area contributed by atoms with Crippen LogP contribution < -0.4 is 0 Å². The molecular formula is C32H45NO7S. The molecular weight excluding hydrogens is 542 g/mol. The van der Waals surface area contributed by atoms with Crippen LogP contribution in [-0.4, -0.2) is 73.5 Å². The number of benzene rings is 1. The lowest BCUT2D eigenvalue weighted by Crippen LogP contribution is -2.53. The maximum atomic E-state index is 13.8. The second-order valence-corrected chi connectivity index (χ2v) is 14.2. The zero-order valence-electron chi connectivity index (χ0n) is 24.8. The fourth-order valence-corrected chi connectivity index (χ4v) is 7.69. The molecule has 0 aliphatic heterocycles. The van der Waals surface area contributed by atoms with E-state index in [1.165, 1.54) is 22.4 Å². The number of nitrogens with zero attached hydrogens (tertiary/aromatic N) is 1. The number of hydrogen-bond acceptors (Lipinski definition) is 7. The van der Waals surface area contributed by atoms with E-state index in [1.54, 1.807) is 19.2 Å². The highest BCUT2D eigenvalue weighted by molar-refractivity contribution is 7.88. The lowest BCUT2D eigenvalue weighted by atomic mass is 9.65. The van der Waals surface area contributed by atoms with Gasteiger partial charge in [-0.15, -0.1) is 0 Å². The van der Waals surface area contributed by atoms with Gasteiger partial charge >= 0.3 is 0 Å². The summed E-state index contributed by atoms with van der Waals surface area (Å²) in [5.41, 5.74) is 1.35. The van der Waals surface area contributed by atoms with Crippen molar-refractivity contribution in [2.24, 2.45) is 5.41 Å². The maximum absolute atomic E-state index is 13.8. The third-order valence-corrected chi connectivity index (χ3v) is 10.6. The van der Waals surface area contributed by atoms with E-state index >= 15 is 0 Å². The summed E-state index contributed by atoms with van der Waals surface area (Å²) < 4.78 is 37.7. The molecule has 0 saturated heterocycles. The minimum atomic E-state index is -3.58. The van der Waals surface area contributed by atoms with E-state index < -0.39 is 27.1 Å². The summed E-state index contributed by atoms with van der Waals surface area (Å²) in [6.07, 6.45) is 8.94. The number of methoxy groups -OCH3 is 1. The van der Waals surface area contributed by atoms with Crippen LogP contribution in [0.5, 0.6) is 0 Å². The van der Waals surface area contributed by atoms with Crippen molar-refractivity contribution in [2.75, 3.05) is 33.1 Å². The van der Waals surface area contributed by atoms with Crippen molar-refractivity contribution in [1.29, 1.82) is 0 Å². The molecule has 1 aromatic carbocycles. The van der Waals surface area contributed by atoms with E-state index in [9.17, 15) is 23.4 Å². The molecule has 0 amide bonds. The molecule has 3 aliphatic rings. The molecule has 3 aliphatic carbocycles. The molecule has 2 N–H and O–H groups in total. The van der Waals surface area contributed by atoms with Gasteiger partial charge in [0.25, 0.3) is 0 Å². The van der Waals surface area contributed by atoms with Crippen LogP contribution in [0.15, 0.2) is 52.7 Å². The molecule has 8 nitrogen and oxygen atoms in total. The van der Waals surface area contributed by atoms with Gasteiger partial charge < -0.3 is 19.4 Å². The summed E-state index contributed by atoms with van der Waals surface area (Å²) in [7, 11) is -2.00. The number of ketones is 1. The summed E-state index contributed by atoms with van der Waals surface area (Å²) >= 11 is 0. The number of sulfonamides is 1. The highest BCUT2D eigenvalue weighted by Crippen LogP contribution is 2.59. The molecule has 4 atom stereocenters. The van der Waals surface area contributed by atoms with Crippen LogP contribution in [0, 0.1) is 5.41 Å². The second-order valence-electron chi connectivity index (χ2n) is 12.2. The van der Waals surface area contributed by atoms with Gasteiger partial charge in [0.1, 0.15) is 0 Å². The first kappa shape index (κ1) is 31.6. The molecule has 0 radical (unpaired) electrons. The Kier molecular flexibility index (Phi) is 9.96. The second kappa shape index (κ2) is 12.9. The Bertz CT molecular complexity index is 1340. The largest absolute Gasteiger partial charge is 0.461 e. The van der Waals surface area contributed by atoms with Gasteiger partial charge in [0.2, 0.25) is 15.8 Å². The minimum Gasteiger partial charge on any atom is -0.461 e. The van der Waals surface area contributed by atoms with Gasteiger partial charge in [0.15, 0.2) is 5.76 Å². The molecule has 226 valence electrons. The van der Waals surface area contributed by atoms with Gasteiger partial charge in [-0.2, -0.15) is 4.31 Å². The summed E-state index contributed by atoms with van der Waals surface area (Å²) in [5, 5.41) is 23.2. The van der Waals surface area contributed by atoms with Crippen molar-refractivity contribution in [3.05, 3.63) is 70.7 Å². The van der Waals surface area contributed by atoms with E-state index in [0.29, 0.717) is 57.1 Å². The zero-order chi connectivity index (χ0) is 29.8. The number of rotatable bonds is 9. The molecule has 0 unspecified atom stereocenters. The Balaban J connectivity index is 1.81. The molecule has 1 aromatic heterocycles. The van der Waals surface area contributed by atoms with E-state index in [2.05, 4.69) is 13.0 Å². The summed E-state index contributed by atoms with van der Waals surface area (Å²) in [6.45, 7) is 4.78. The van der Waals surface area contributed by atoms with Crippen molar-refractivity contribution in [3.8, 4) is 0 Å². The molecule has 2 aromatic rings. The Hall–Kier alpha value is -2.30. The van der Waals surface area contributed by atoms with E-state index in [0.717, 1.165) is 17.5 Å². The standard InChI is InChI=1S/C32H45NO7S/c1-23-8-5-15-31(2)28(14-16-32(31,36)22-33(41(4,37)38)17-7-18-39-3)26-13-11-24(20-25(34)12-10-23)21-27(26)30(35)29-9-6-19-40-29/h6,8-9,11,13,19,21,25,28,34,36H,5,7,10,12,14-18,20,22H2,1-4H3/t25-,28-,31-,32+/m0/s1. The topological polar surface area (TPSA) is 117 Å². The van der Waals surface area contributed by atoms with Crippen molar-refractivity contribution in [2.45, 2.75) is 82.8 Å². The number of fused-ring (bicyclic) bond motifs is 8. The summed E-state index contributed by atoms with van der Waals surface area (Å²) in [5.74, 6) is -0.198. The number of ether oxygens (including phenoxy) is 1. The number of allylic oxidation sites excluding steroid dienone is 2. The highest BCUT2D eigenvalue weighted by atomic mass is 32.2. The van der Waals surface area contributed by atoms with E-state index in [1.807, 2.05) is 25.1 Å². The van der Waals surface area contributed by atoms with Crippen LogP contribution in [0.3, 0.4) is 0 Å². The lowest BCUT2D eigenvalue weighted by Gasteiger charge is -2.45. The van der Waals surface area contributed by atoms with Gasteiger partial charge in [-0.05, 0) is 93.5 Å². The predicted molar refractivity (Wildman–Crippen MR) is 158 cm³/mol. The fourth-order valence-electron chi connectivity index (χ4n) is 6.78. The molecule has 9 heteroatoms. The Morgan fingerprint density at radius 2 is 2.00 bits per heavy atom. The number of hydrogen-bond donors (Lipinski definition) is 2. The minimum absolute atomic E-state index is 0.0169. The van der Waals surface area contributed by atoms with Crippen LogP contribution in [0.1, 0.15) is 92.0 Å². The van der Waals surface area contributed by atoms with Gasteiger partial charge in [-0.25, -0.2) is 8.42 Å². The van der Waals surface area contributed by atoms with Gasteiger partial charge in [0.05, 0.1) is 24.2 Å². The summed E-state index contributed by atoms with van der Waals surface area (Å²) in [4.78, 5) is 13.8. The van der Waals surface area contributed by atoms with Gasteiger partial charge in [-0.3, -0.25) is 4.79 Å². The van der Waals surface area contributed by atoms with Crippen LogP contribution in [-0.2, 0) is 21.2 Å². The van der Waals surface area contributed by atoms with Crippen LogP contribution in [0.4, 0.5) is 0 Å². The first-order valence-corrected chi connectivity index (χ1v) is 16.4. The average Bonchev–Trinajstić information content (AvgIpc) is 3.53. The van der Waals surface area contributed by atoms with Crippen molar-refractivity contribution in [1.82, 2.24) is 4.31 Å². The fraction of sp³-hybridized carbons (Fsp3) is 0.594. The number of aliphatic hydroxyl groups is 2. The third-order valence-electron chi connectivity index (χ3n) is 9.32. The predicted octanol–water partition coefficient (Wildman–Crippen LogP) is 4.85. The van der Waals surface area contributed by atoms with Crippen LogP contribution >= 0.6 is 0 Å². The average molecular weight is 588 g/mol. The zero-order valence-corrected chi connectivity index (χ0v) is 25.6. The number of carbonyl (C=O) groups is 1. The van der Waals surface area contributed by atoms with Gasteiger partial charge in [0, 0.05) is 37.8 Å². The molecule has 1 heterocycles. The monoisotopic (exact) mass is 587 g/mol. The highest BCUT2D eigenvalue weighted by Gasteiger charge is 2.57. The van der Waals surface area contributed by atoms with E-state index in [-0.39, 0.29) is 30.6 Å². The molecule has 41 heavy (non-hydrogen) atoms. The first-order valence-electron chi connectivity index (χ1n) is 14.6. The van der Waals surface area contributed by atoms with Gasteiger partial charge in [-0.1, -0.05) is 30.7 Å². The Morgan fingerprint density at radius 3 is 2.68 bits per heavy atom. The van der Waals surface area contributed by atoms with Crippen molar-refractivity contribution < 1.29 is 32.6 Å². The molecule has 1 saturated carbocycles. The summed E-state index contributed by atoms with van der Waals surface area (Å²) in [6, 6.07) is 9.13. The molecule has 5 rings (SSSR count). The third kappa shape index (κ3) is 7.03. The Morgan fingerprint density at radius 1 is 1.22 bits per heavy atom. The number of carbonyl (C=O) groups excluding carboxylic acids is 1. The molecule has 0 spiro atoms. The quantitative estimate of drug-likeness (QED) is 0.245. The number of furan rings is 1. The molecule has 2 bridgehead atoms. The van der Waals surface area contributed by atoms with Crippen LogP contribution in [0.25, 0.3) is 0 Å². The smallest absolute Gasteiger partial charge is 0.228 e. The normalized spacial score (nSPS) is 27.4. The Labute approximate surface area is 244 Å². The van der Waals surface area contributed by atoms with Crippen LogP contribution in [0.2, 0.25) is 0 Å². The lowest BCUT2D eigenvalue weighted by molar-refractivity contribution is -0.0726. The van der Waals surface area contributed by atoms with E-state index in [4.69, 9.17) is 9.15 Å². The molecule has 1 fully saturated rings. The van der Waals surface area contributed by atoms with Crippen molar-refractivity contribution >= 4 is 15.8 Å².